The summed E-state index contributed by atoms with van der Waals surface area (Å²) < 4.78 is 5.65. The van der Waals surface area contributed by atoms with Crippen LogP contribution >= 0.6 is 11.8 Å². The van der Waals surface area contributed by atoms with Crippen LogP contribution in [-0.4, -0.2) is 40.8 Å². The zero-order valence-corrected chi connectivity index (χ0v) is 12.7. The molecule has 1 aliphatic rings. The van der Waals surface area contributed by atoms with Crippen molar-refractivity contribution in [1.82, 2.24) is 4.90 Å². The van der Waals surface area contributed by atoms with Crippen LogP contribution < -0.4 is 0 Å². The fourth-order valence-corrected chi connectivity index (χ4v) is 3.76. The smallest absolute Gasteiger partial charge is 0.211 e. The molecule has 1 aliphatic heterocycles. The van der Waals surface area contributed by atoms with E-state index in [0.717, 1.165) is 23.3 Å². The molecule has 2 heterocycles. The van der Waals surface area contributed by atoms with Gasteiger partial charge in [0.25, 0.3) is 0 Å². The molecular formula is C16H19NO2S. The maximum absolute atomic E-state index is 12.4. The van der Waals surface area contributed by atoms with E-state index in [1.165, 1.54) is 0 Å². The molecule has 0 radical (unpaired) electrons. The highest BCUT2D eigenvalue weighted by Gasteiger charge is 2.27. The zero-order valence-electron chi connectivity index (χ0n) is 11.8. The fourth-order valence-electron chi connectivity index (χ4n) is 2.60. The van der Waals surface area contributed by atoms with Gasteiger partial charge in [0, 0.05) is 29.0 Å². The Labute approximate surface area is 123 Å². The number of fused-ring (bicyclic) bond motifs is 1. The summed E-state index contributed by atoms with van der Waals surface area (Å²) in [4.78, 5) is 14.7. The lowest BCUT2D eigenvalue weighted by Crippen LogP contribution is -2.46. The Morgan fingerprint density at radius 3 is 3.00 bits per heavy atom. The largest absolute Gasteiger partial charge is 0.453 e. The van der Waals surface area contributed by atoms with Crippen molar-refractivity contribution in [2.24, 2.45) is 0 Å². The van der Waals surface area contributed by atoms with Gasteiger partial charge in [-0.1, -0.05) is 25.1 Å². The molecule has 0 aliphatic carbocycles. The van der Waals surface area contributed by atoms with Crippen molar-refractivity contribution in [3.8, 4) is 0 Å². The monoisotopic (exact) mass is 289 g/mol. The molecule has 0 bridgehead atoms. The SMILES string of the molecule is CC1SCCN(CC(=O)c2cc3ccccc3o2)C1C. The van der Waals surface area contributed by atoms with Crippen molar-refractivity contribution >= 4 is 28.5 Å². The van der Waals surface area contributed by atoms with E-state index < -0.39 is 0 Å². The van der Waals surface area contributed by atoms with E-state index in [4.69, 9.17) is 4.42 Å². The summed E-state index contributed by atoms with van der Waals surface area (Å²) in [6, 6.07) is 10.0. The molecule has 2 aromatic rings. The lowest BCUT2D eigenvalue weighted by Gasteiger charge is -2.36. The highest BCUT2D eigenvalue weighted by atomic mass is 32.2. The van der Waals surface area contributed by atoms with Crippen molar-refractivity contribution < 1.29 is 9.21 Å². The van der Waals surface area contributed by atoms with Crippen LogP contribution in [0.2, 0.25) is 0 Å². The second kappa shape index (κ2) is 5.62. The summed E-state index contributed by atoms with van der Waals surface area (Å²) in [6.07, 6.45) is 0. The van der Waals surface area contributed by atoms with Crippen molar-refractivity contribution in [3.63, 3.8) is 0 Å². The van der Waals surface area contributed by atoms with Gasteiger partial charge in [-0.05, 0) is 19.1 Å². The normalized spacial score (nSPS) is 24.1. The molecule has 2 atom stereocenters. The van der Waals surface area contributed by atoms with Crippen LogP contribution in [0, 0.1) is 0 Å². The Balaban J connectivity index is 1.75. The minimum absolute atomic E-state index is 0.0761. The fraction of sp³-hybridized carbons (Fsp3) is 0.438. The average Bonchev–Trinajstić information content (AvgIpc) is 2.88. The standard InChI is InChI=1S/C16H19NO2S/c1-11-12(2)20-8-7-17(11)10-14(18)16-9-13-5-3-4-6-15(13)19-16/h3-6,9,11-12H,7-8,10H2,1-2H3. The highest BCUT2D eigenvalue weighted by Crippen LogP contribution is 2.25. The first-order chi connectivity index (χ1) is 9.65. The first-order valence-electron chi connectivity index (χ1n) is 7.02. The molecule has 0 amide bonds. The van der Waals surface area contributed by atoms with E-state index in [1.54, 1.807) is 0 Å². The van der Waals surface area contributed by atoms with Crippen molar-refractivity contribution in [1.29, 1.82) is 0 Å². The molecule has 1 fully saturated rings. The van der Waals surface area contributed by atoms with E-state index in [1.807, 2.05) is 42.1 Å². The van der Waals surface area contributed by atoms with Crippen LogP contribution in [0.4, 0.5) is 0 Å². The maximum atomic E-state index is 12.4. The number of carbonyl (C=O) groups is 1. The van der Waals surface area contributed by atoms with Gasteiger partial charge in [-0.2, -0.15) is 11.8 Å². The van der Waals surface area contributed by atoms with Crippen LogP contribution in [0.5, 0.6) is 0 Å². The van der Waals surface area contributed by atoms with Gasteiger partial charge in [0.1, 0.15) is 5.58 Å². The molecule has 3 rings (SSSR count). The molecular weight excluding hydrogens is 270 g/mol. The van der Waals surface area contributed by atoms with Gasteiger partial charge < -0.3 is 4.42 Å². The molecule has 106 valence electrons. The summed E-state index contributed by atoms with van der Waals surface area (Å²) in [5.41, 5.74) is 0.784. The number of para-hydroxylation sites is 1. The van der Waals surface area contributed by atoms with Crippen LogP contribution in [-0.2, 0) is 0 Å². The molecule has 1 aromatic heterocycles. The summed E-state index contributed by atoms with van der Waals surface area (Å²) in [5, 5.41) is 1.57. The molecule has 20 heavy (non-hydrogen) atoms. The average molecular weight is 289 g/mol. The van der Waals surface area contributed by atoms with Gasteiger partial charge in [-0.25, -0.2) is 0 Å². The Kier molecular flexibility index (Phi) is 3.85. The number of thioether (sulfide) groups is 1. The first-order valence-corrected chi connectivity index (χ1v) is 8.07. The molecule has 0 spiro atoms. The van der Waals surface area contributed by atoms with Gasteiger partial charge in [-0.3, -0.25) is 9.69 Å². The summed E-state index contributed by atoms with van der Waals surface area (Å²) in [7, 11) is 0. The second-order valence-corrected chi connectivity index (χ2v) is 6.84. The molecule has 2 unspecified atom stereocenters. The predicted molar refractivity (Wildman–Crippen MR) is 83.5 cm³/mol. The number of hydrogen-bond donors (Lipinski definition) is 0. The highest BCUT2D eigenvalue weighted by molar-refractivity contribution is 8.00. The molecule has 1 aromatic carbocycles. The second-order valence-electron chi connectivity index (χ2n) is 5.36. The first kappa shape index (κ1) is 13.7. The summed E-state index contributed by atoms with van der Waals surface area (Å²) in [6.45, 7) is 5.85. The number of benzene rings is 1. The number of furan rings is 1. The molecule has 4 heteroatoms. The minimum Gasteiger partial charge on any atom is -0.453 e. The minimum atomic E-state index is 0.0761. The topological polar surface area (TPSA) is 33.5 Å². The number of ketones is 1. The third-order valence-corrected chi connectivity index (χ3v) is 5.40. The lowest BCUT2D eigenvalue weighted by molar-refractivity contribution is 0.0876. The van der Waals surface area contributed by atoms with Crippen LogP contribution in [0.25, 0.3) is 11.0 Å². The quantitative estimate of drug-likeness (QED) is 0.811. The van der Waals surface area contributed by atoms with E-state index >= 15 is 0 Å². The van der Waals surface area contributed by atoms with Crippen LogP contribution in [0.15, 0.2) is 34.7 Å². The number of nitrogens with zero attached hydrogens (tertiary/aromatic N) is 1. The van der Waals surface area contributed by atoms with Crippen molar-refractivity contribution in [2.45, 2.75) is 25.1 Å². The van der Waals surface area contributed by atoms with Crippen molar-refractivity contribution in [2.75, 3.05) is 18.8 Å². The summed E-state index contributed by atoms with van der Waals surface area (Å²) >= 11 is 1.98. The number of Topliss-reactive ketones (excluding diaryl/α,β-unsaturated/α-hetero) is 1. The zero-order chi connectivity index (χ0) is 14.1. The maximum Gasteiger partial charge on any atom is 0.211 e. The van der Waals surface area contributed by atoms with Crippen LogP contribution in [0.1, 0.15) is 24.4 Å². The van der Waals surface area contributed by atoms with Gasteiger partial charge in [0.05, 0.1) is 6.54 Å². The molecule has 0 saturated carbocycles. The molecule has 0 N–H and O–H groups in total. The Bertz CT molecular complexity index is 589. The molecule has 1 saturated heterocycles. The van der Waals surface area contributed by atoms with Gasteiger partial charge in [0.2, 0.25) is 5.78 Å². The van der Waals surface area contributed by atoms with Crippen molar-refractivity contribution in [3.05, 3.63) is 36.1 Å². The predicted octanol–water partition coefficient (Wildman–Crippen LogP) is 3.44. The Hall–Kier alpha value is -1.26. The van der Waals surface area contributed by atoms with E-state index in [0.29, 0.717) is 23.6 Å². The number of carbonyl (C=O) groups excluding carboxylic acids is 1. The van der Waals surface area contributed by atoms with E-state index in [9.17, 15) is 4.79 Å². The Morgan fingerprint density at radius 1 is 1.40 bits per heavy atom. The van der Waals surface area contributed by atoms with Crippen LogP contribution in [0.3, 0.4) is 0 Å². The van der Waals surface area contributed by atoms with E-state index in [-0.39, 0.29) is 5.78 Å². The summed E-state index contributed by atoms with van der Waals surface area (Å²) in [5.74, 6) is 1.65. The lowest BCUT2D eigenvalue weighted by atomic mass is 10.1. The number of rotatable bonds is 3. The number of hydrogen-bond acceptors (Lipinski definition) is 4. The van der Waals surface area contributed by atoms with Gasteiger partial charge in [-0.15, -0.1) is 0 Å². The van der Waals surface area contributed by atoms with Gasteiger partial charge in [0.15, 0.2) is 5.76 Å². The van der Waals surface area contributed by atoms with Gasteiger partial charge >= 0.3 is 0 Å². The molecule has 3 nitrogen and oxygen atoms in total. The third kappa shape index (κ3) is 2.63. The van der Waals surface area contributed by atoms with E-state index in [2.05, 4.69) is 18.7 Å². The Morgan fingerprint density at radius 2 is 2.20 bits per heavy atom. The third-order valence-electron chi connectivity index (χ3n) is 4.06.